The van der Waals surface area contributed by atoms with Gasteiger partial charge in [-0.05, 0) is 0 Å². The van der Waals surface area contributed by atoms with E-state index in [1.165, 1.54) is 12.4 Å². The number of carboxylic acids is 1. The summed E-state index contributed by atoms with van der Waals surface area (Å²) < 4.78 is 1.02. The molecule has 0 aliphatic heterocycles. The van der Waals surface area contributed by atoms with Gasteiger partial charge < -0.3 is 15.2 Å². The molecule has 0 bridgehead atoms. The number of aromatic amines is 1. The van der Waals surface area contributed by atoms with Crippen LogP contribution in [-0.2, 0) is 0 Å². The van der Waals surface area contributed by atoms with Crippen LogP contribution in [0.2, 0.25) is 0 Å². The molecule has 7 nitrogen and oxygen atoms in total. The second-order valence-corrected chi connectivity index (χ2v) is 2.58. The lowest BCUT2D eigenvalue weighted by Gasteiger charge is -1.99. The molecule has 72 valence electrons. The van der Waals surface area contributed by atoms with Crippen molar-refractivity contribution in [2.45, 2.75) is 0 Å². The van der Waals surface area contributed by atoms with Gasteiger partial charge in [-0.15, -0.1) is 0 Å². The quantitative estimate of drug-likeness (QED) is 0.564. The van der Waals surface area contributed by atoms with Gasteiger partial charge in [-0.1, -0.05) is 0 Å². The topological polar surface area (TPSA) is 108 Å². The van der Waals surface area contributed by atoms with Crippen LogP contribution in [0.25, 0.3) is 5.78 Å². The molecule has 0 radical (unpaired) electrons. The van der Waals surface area contributed by atoms with Crippen molar-refractivity contribution in [1.29, 1.82) is 0 Å². The number of H-pyrrole nitrogens is 1. The first kappa shape index (κ1) is 8.30. The lowest BCUT2D eigenvalue weighted by molar-refractivity contribution is 0.0686. The first-order chi connectivity index (χ1) is 6.61. The van der Waals surface area contributed by atoms with E-state index in [1.807, 2.05) is 0 Å². The minimum absolute atomic E-state index is 0.0743. The number of carbonyl (C=O) groups is 1. The lowest BCUT2D eigenvalue weighted by Crippen LogP contribution is -2.17. The van der Waals surface area contributed by atoms with Crippen molar-refractivity contribution in [3.63, 3.8) is 0 Å². The maximum atomic E-state index is 11.3. The number of nitrogens with one attached hydrogen (secondary N) is 1. The molecule has 0 aliphatic rings. The van der Waals surface area contributed by atoms with E-state index >= 15 is 0 Å². The van der Waals surface area contributed by atoms with Crippen molar-refractivity contribution in [3.05, 3.63) is 28.4 Å². The van der Waals surface area contributed by atoms with E-state index in [9.17, 15) is 14.7 Å². The van der Waals surface area contributed by atoms with Gasteiger partial charge in [-0.25, -0.2) is 14.2 Å². The van der Waals surface area contributed by atoms with Gasteiger partial charge in [0.05, 0.1) is 0 Å². The molecule has 7 heteroatoms. The van der Waals surface area contributed by atoms with E-state index in [0.29, 0.717) is 0 Å². The number of fused-ring (bicyclic) bond motifs is 1. The predicted molar refractivity (Wildman–Crippen MR) is 44.4 cm³/mol. The van der Waals surface area contributed by atoms with Crippen LogP contribution in [-0.4, -0.2) is 30.6 Å². The molecule has 0 aromatic carbocycles. The normalized spacial score (nSPS) is 10.6. The molecule has 2 rings (SSSR count). The molecule has 0 atom stereocenters. The Morgan fingerprint density at radius 2 is 2.29 bits per heavy atom. The molecule has 2 aromatic rings. The van der Waals surface area contributed by atoms with Gasteiger partial charge in [0.15, 0.2) is 5.69 Å². The molecule has 0 amide bonds. The summed E-state index contributed by atoms with van der Waals surface area (Å²) in [5.74, 6) is -2.17. The maximum Gasteiger partial charge on any atom is 0.356 e. The first-order valence-electron chi connectivity index (χ1n) is 3.63. The highest BCUT2D eigenvalue weighted by molar-refractivity contribution is 5.88. The van der Waals surface area contributed by atoms with Gasteiger partial charge in [0.2, 0.25) is 11.5 Å². The Kier molecular flexibility index (Phi) is 1.53. The zero-order valence-electron chi connectivity index (χ0n) is 6.76. The molecule has 2 heterocycles. The van der Waals surface area contributed by atoms with Crippen LogP contribution < -0.4 is 5.56 Å². The van der Waals surface area contributed by atoms with Gasteiger partial charge in [0.25, 0.3) is 0 Å². The Balaban J connectivity index is 2.94. The number of carboxylic acid groups (broad SMARTS) is 1. The third-order valence-electron chi connectivity index (χ3n) is 1.75. The number of nitrogens with zero attached hydrogens (tertiary/aromatic N) is 2. The zero-order chi connectivity index (χ0) is 10.3. The van der Waals surface area contributed by atoms with Gasteiger partial charge in [-0.2, -0.15) is 0 Å². The van der Waals surface area contributed by atoms with Crippen molar-refractivity contribution < 1.29 is 15.0 Å². The molecule has 0 saturated heterocycles. The second kappa shape index (κ2) is 2.59. The number of hydrogen-bond donors (Lipinski definition) is 3. The molecule has 0 spiro atoms. The smallest absolute Gasteiger partial charge is 0.356 e. The van der Waals surface area contributed by atoms with Gasteiger partial charge in [0.1, 0.15) is 0 Å². The average Bonchev–Trinajstić information content (AvgIpc) is 2.58. The molecule has 2 aromatic heterocycles. The van der Waals surface area contributed by atoms with Crippen LogP contribution in [0.15, 0.2) is 17.2 Å². The molecular weight excluding hydrogens is 190 g/mol. The molecular formula is C7H5N3O4. The van der Waals surface area contributed by atoms with Gasteiger partial charge in [-0.3, -0.25) is 4.79 Å². The van der Waals surface area contributed by atoms with Crippen molar-refractivity contribution in [3.8, 4) is 5.75 Å². The number of rotatable bonds is 1. The summed E-state index contributed by atoms with van der Waals surface area (Å²) in [5, 5.41) is 17.8. The van der Waals surface area contributed by atoms with Gasteiger partial charge in [0, 0.05) is 12.4 Å². The zero-order valence-corrected chi connectivity index (χ0v) is 6.76. The van der Waals surface area contributed by atoms with E-state index in [1.54, 1.807) is 0 Å². The van der Waals surface area contributed by atoms with E-state index in [-0.39, 0.29) is 5.78 Å². The lowest BCUT2D eigenvalue weighted by atomic mass is 10.4. The highest BCUT2D eigenvalue weighted by atomic mass is 16.4. The molecule has 14 heavy (non-hydrogen) atoms. The molecule has 0 unspecified atom stereocenters. The number of aromatic carboxylic acids is 1. The minimum atomic E-state index is -1.41. The van der Waals surface area contributed by atoms with E-state index in [2.05, 4.69) is 9.97 Å². The Labute approximate surface area is 76.3 Å². The van der Waals surface area contributed by atoms with Crippen LogP contribution in [0.5, 0.6) is 5.75 Å². The fourth-order valence-corrected chi connectivity index (χ4v) is 1.11. The van der Waals surface area contributed by atoms with Crippen LogP contribution >= 0.6 is 0 Å². The highest BCUT2D eigenvalue weighted by Gasteiger charge is 2.16. The molecule has 0 aliphatic carbocycles. The fraction of sp³-hybridized carbons (Fsp3) is 0. The van der Waals surface area contributed by atoms with Crippen LogP contribution in [0.4, 0.5) is 0 Å². The van der Waals surface area contributed by atoms with Crippen molar-refractivity contribution in [2.24, 2.45) is 0 Å². The SMILES string of the molecule is O=C(O)c1[nH]c2nccn2c(=O)c1O. The Bertz CT molecular complexity index is 568. The summed E-state index contributed by atoms with van der Waals surface area (Å²) in [4.78, 5) is 27.9. The van der Waals surface area contributed by atoms with E-state index < -0.39 is 23.0 Å². The van der Waals surface area contributed by atoms with Crippen molar-refractivity contribution in [1.82, 2.24) is 14.4 Å². The Hall–Kier alpha value is -2.31. The Morgan fingerprint density at radius 3 is 2.93 bits per heavy atom. The number of imidazole rings is 1. The summed E-state index contributed by atoms with van der Waals surface area (Å²) in [5.41, 5.74) is -1.37. The van der Waals surface area contributed by atoms with E-state index in [4.69, 9.17) is 5.11 Å². The number of hydrogen-bond acceptors (Lipinski definition) is 4. The second-order valence-electron chi connectivity index (χ2n) is 2.58. The summed E-state index contributed by atoms with van der Waals surface area (Å²) in [6, 6.07) is 0. The third-order valence-corrected chi connectivity index (χ3v) is 1.75. The average molecular weight is 195 g/mol. The van der Waals surface area contributed by atoms with Crippen LogP contribution in [0, 0.1) is 0 Å². The minimum Gasteiger partial charge on any atom is -0.501 e. The van der Waals surface area contributed by atoms with Crippen molar-refractivity contribution >= 4 is 11.7 Å². The van der Waals surface area contributed by atoms with Crippen LogP contribution in [0.1, 0.15) is 10.5 Å². The number of aromatic nitrogens is 3. The third kappa shape index (κ3) is 0.954. The standard InChI is InChI=1S/C7H5N3O4/c11-4-3(6(13)14)9-7-8-1-2-10(7)5(4)12/h1-2,11H,(H,8,9)(H,13,14). The number of aromatic hydroxyl groups is 1. The summed E-state index contributed by atoms with van der Waals surface area (Å²) in [7, 11) is 0. The summed E-state index contributed by atoms with van der Waals surface area (Å²) in [6.45, 7) is 0. The molecule has 0 fully saturated rings. The van der Waals surface area contributed by atoms with Crippen molar-refractivity contribution in [2.75, 3.05) is 0 Å². The first-order valence-corrected chi connectivity index (χ1v) is 3.63. The summed E-state index contributed by atoms with van der Waals surface area (Å²) >= 11 is 0. The maximum absolute atomic E-state index is 11.3. The fourth-order valence-electron chi connectivity index (χ4n) is 1.11. The molecule has 3 N–H and O–H groups in total. The van der Waals surface area contributed by atoms with E-state index in [0.717, 1.165) is 4.40 Å². The van der Waals surface area contributed by atoms with Crippen LogP contribution in [0.3, 0.4) is 0 Å². The van der Waals surface area contributed by atoms with Gasteiger partial charge >= 0.3 is 11.5 Å². The highest BCUT2D eigenvalue weighted by Crippen LogP contribution is 2.08. The molecule has 0 saturated carbocycles. The monoisotopic (exact) mass is 195 g/mol. The summed E-state index contributed by atoms with van der Waals surface area (Å²) in [6.07, 6.45) is 2.64. The largest absolute Gasteiger partial charge is 0.501 e. The Morgan fingerprint density at radius 1 is 1.57 bits per heavy atom. The predicted octanol–water partition coefficient (Wildman–Crippen LogP) is -0.574.